The van der Waals surface area contributed by atoms with Gasteiger partial charge in [-0.3, -0.25) is 4.99 Å². The highest BCUT2D eigenvalue weighted by Gasteiger charge is 2.65. The maximum absolute atomic E-state index is 12.7. The first-order chi connectivity index (χ1) is 13.7. The Morgan fingerprint density at radius 3 is 2.38 bits per heavy atom. The van der Waals surface area contributed by atoms with Crippen LogP contribution in [0.5, 0.6) is 0 Å². The van der Waals surface area contributed by atoms with Crippen LogP contribution in [-0.4, -0.2) is 69.1 Å². The minimum absolute atomic E-state index is 0.115. The molecule has 0 aromatic heterocycles. The van der Waals surface area contributed by atoms with Crippen molar-refractivity contribution in [2.24, 2.45) is 16.3 Å². The van der Waals surface area contributed by atoms with Crippen molar-refractivity contribution in [3.63, 3.8) is 0 Å². The molecule has 2 N–H and O–H groups in total. The maximum Gasteiger partial charge on any atom is 0.511 e. The van der Waals surface area contributed by atoms with Crippen LogP contribution in [0.4, 0.5) is 13.2 Å². The average molecular weight is 439 g/mol. The third-order valence-corrected chi connectivity index (χ3v) is 8.86. The summed E-state index contributed by atoms with van der Waals surface area (Å²) < 4.78 is 67.9. The number of fused-ring (bicyclic) bond motifs is 2. The van der Waals surface area contributed by atoms with E-state index in [1.54, 1.807) is 7.05 Å². The van der Waals surface area contributed by atoms with Crippen LogP contribution in [0.25, 0.3) is 0 Å². The quantitative estimate of drug-likeness (QED) is 0.519. The van der Waals surface area contributed by atoms with Gasteiger partial charge in [0.15, 0.2) is 5.96 Å². The van der Waals surface area contributed by atoms with Crippen LogP contribution in [0.15, 0.2) is 4.99 Å². The molecule has 4 rings (SSSR count). The zero-order valence-electron chi connectivity index (χ0n) is 16.5. The number of hydrogen-bond donors (Lipinski definition) is 2. The van der Waals surface area contributed by atoms with Gasteiger partial charge in [0, 0.05) is 50.2 Å². The number of hydrogen-bond acceptors (Lipinski definition) is 4. The molecule has 4 fully saturated rings. The Morgan fingerprint density at radius 2 is 1.79 bits per heavy atom. The topological polar surface area (TPSA) is 83.0 Å². The highest BCUT2D eigenvalue weighted by atomic mass is 32.2. The van der Waals surface area contributed by atoms with Crippen molar-refractivity contribution in [2.45, 2.75) is 68.6 Å². The predicted molar refractivity (Wildman–Crippen MR) is 102 cm³/mol. The fraction of sp³-hybridized carbons (Fsp3) is 0.944. The molecule has 0 amide bonds. The van der Waals surface area contributed by atoms with Crippen LogP contribution in [0, 0.1) is 11.3 Å². The zero-order valence-corrected chi connectivity index (χ0v) is 17.4. The van der Waals surface area contributed by atoms with Gasteiger partial charge in [-0.2, -0.15) is 17.5 Å². The number of ether oxygens (including phenoxy) is 1. The number of alkyl halides is 3. The van der Waals surface area contributed by atoms with Crippen molar-refractivity contribution < 1.29 is 26.3 Å². The standard InChI is InChI=1S/C18H29F3N4O3S/c1-22-16(23-12-4-9-25(10-5-12)29(26,27)18(19,20)21)24-14-13-6-11-28-15(13)17(14)7-2-3-8-17/h12-15H,2-11H2,1H3,(H2,22,23,24). The molecule has 2 aliphatic carbocycles. The van der Waals surface area contributed by atoms with Gasteiger partial charge in [0.05, 0.1) is 6.10 Å². The van der Waals surface area contributed by atoms with E-state index in [9.17, 15) is 21.6 Å². The first kappa shape index (κ1) is 21.2. The molecule has 2 saturated heterocycles. The first-order valence-electron chi connectivity index (χ1n) is 10.4. The van der Waals surface area contributed by atoms with Crippen LogP contribution < -0.4 is 10.6 Å². The van der Waals surface area contributed by atoms with Crippen LogP contribution in [0.1, 0.15) is 44.9 Å². The van der Waals surface area contributed by atoms with Crippen LogP contribution in [0.2, 0.25) is 0 Å². The second kappa shape index (κ2) is 7.56. The van der Waals surface area contributed by atoms with Crippen LogP contribution in [0.3, 0.4) is 0 Å². The molecule has 0 radical (unpaired) electrons. The van der Waals surface area contributed by atoms with Crippen molar-refractivity contribution in [3.8, 4) is 0 Å². The molecule has 2 heterocycles. The summed E-state index contributed by atoms with van der Waals surface area (Å²) in [6.07, 6.45) is 6.70. The Labute approximate surface area is 169 Å². The van der Waals surface area contributed by atoms with Gasteiger partial charge in [0.25, 0.3) is 0 Å². The molecule has 3 unspecified atom stereocenters. The van der Waals surface area contributed by atoms with E-state index >= 15 is 0 Å². The molecular formula is C18H29F3N4O3S. The molecule has 11 heteroatoms. The number of aliphatic imine (C=N–C) groups is 1. The third-order valence-electron chi connectivity index (χ3n) is 7.23. The van der Waals surface area contributed by atoms with E-state index in [1.165, 1.54) is 12.8 Å². The molecular weight excluding hydrogens is 409 g/mol. The summed E-state index contributed by atoms with van der Waals surface area (Å²) in [5.74, 6) is 1.12. The number of rotatable bonds is 3. The Kier molecular flexibility index (Phi) is 5.52. The van der Waals surface area contributed by atoms with E-state index in [4.69, 9.17) is 4.74 Å². The maximum atomic E-state index is 12.7. The molecule has 7 nitrogen and oxygen atoms in total. The molecule has 3 atom stereocenters. The van der Waals surface area contributed by atoms with Gasteiger partial charge in [-0.25, -0.2) is 8.42 Å². The van der Waals surface area contributed by atoms with Gasteiger partial charge in [-0.15, -0.1) is 0 Å². The Hall–Kier alpha value is -1.07. The van der Waals surface area contributed by atoms with Crippen molar-refractivity contribution >= 4 is 16.0 Å². The summed E-state index contributed by atoms with van der Waals surface area (Å²) in [7, 11) is -3.57. The molecule has 29 heavy (non-hydrogen) atoms. The lowest BCUT2D eigenvalue weighted by molar-refractivity contribution is -0.125. The molecule has 1 spiro atoms. The minimum atomic E-state index is -5.25. The highest BCUT2D eigenvalue weighted by Crippen LogP contribution is 2.60. The zero-order chi connectivity index (χ0) is 20.9. The van der Waals surface area contributed by atoms with Crippen molar-refractivity contribution in [1.29, 1.82) is 0 Å². The van der Waals surface area contributed by atoms with Crippen molar-refractivity contribution in [2.75, 3.05) is 26.7 Å². The Bertz CT molecular complexity index is 744. The molecule has 0 aromatic rings. The van der Waals surface area contributed by atoms with Crippen LogP contribution >= 0.6 is 0 Å². The Balaban J connectivity index is 1.34. The summed E-state index contributed by atoms with van der Waals surface area (Å²) in [6.45, 7) is 0.498. The van der Waals surface area contributed by atoms with Gasteiger partial charge >= 0.3 is 15.5 Å². The van der Waals surface area contributed by atoms with E-state index < -0.39 is 15.5 Å². The Morgan fingerprint density at radius 1 is 1.14 bits per heavy atom. The molecule has 2 saturated carbocycles. The fourth-order valence-corrected chi connectivity index (χ4v) is 6.79. The molecule has 0 aromatic carbocycles. The van der Waals surface area contributed by atoms with E-state index in [-0.39, 0.29) is 24.5 Å². The van der Waals surface area contributed by atoms with Crippen molar-refractivity contribution in [1.82, 2.24) is 14.9 Å². The summed E-state index contributed by atoms with van der Waals surface area (Å²) in [4.78, 5) is 4.32. The van der Waals surface area contributed by atoms with Gasteiger partial charge in [0.1, 0.15) is 0 Å². The van der Waals surface area contributed by atoms with Gasteiger partial charge in [-0.1, -0.05) is 12.8 Å². The largest absolute Gasteiger partial charge is 0.511 e. The van der Waals surface area contributed by atoms with Crippen molar-refractivity contribution in [3.05, 3.63) is 0 Å². The predicted octanol–water partition coefficient (Wildman–Crippen LogP) is 1.81. The molecule has 2 aliphatic heterocycles. The third kappa shape index (κ3) is 3.52. The van der Waals surface area contributed by atoms with E-state index in [1.807, 2.05) is 0 Å². The fourth-order valence-electron chi connectivity index (χ4n) is 5.80. The number of piperidine rings is 1. The minimum Gasteiger partial charge on any atom is -0.377 e. The molecule has 4 aliphatic rings. The normalized spacial score (nSPS) is 33.5. The van der Waals surface area contributed by atoms with E-state index in [0.717, 1.165) is 25.9 Å². The lowest BCUT2D eigenvalue weighted by atomic mass is 9.54. The molecule has 166 valence electrons. The van der Waals surface area contributed by atoms with Crippen LogP contribution in [-0.2, 0) is 14.8 Å². The smallest absolute Gasteiger partial charge is 0.377 e. The van der Waals surface area contributed by atoms with Gasteiger partial charge in [0.2, 0.25) is 0 Å². The van der Waals surface area contributed by atoms with Gasteiger partial charge < -0.3 is 15.4 Å². The number of halogens is 3. The average Bonchev–Trinajstić information content (AvgIpc) is 3.33. The summed E-state index contributed by atoms with van der Waals surface area (Å²) in [5.41, 5.74) is -5.08. The van der Waals surface area contributed by atoms with E-state index in [2.05, 4.69) is 15.6 Å². The number of nitrogens with zero attached hydrogens (tertiary/aromatic N) is 2. The molecule has 0 bridgehead atoms. The monoisotopic (exact) mass is 438 g/mol. The first-order valence-corrected chi connectivity index (χ1v) is 11.8. The second-order valence-corrected chi connectivity index (χ2v) is 10.6. The number of nitrogens with one attached hydrogen (secondary N) is 2. The summed E-state index contributed by atoms with van der Waals surface area (Å²) in [6, 6.07) is 0.186. The van der Waals surface area contributed by atoms with E-state index in [0.29, 0.717) is 41.2 Å². The number of sulfonamides is 1. The lowest BCUT2D eigenvalue weighted by Gasteiger charge is -2.57. The lowest BCUT2D eigenvalue weighted by Crippen LogP contribution is -2.69. The SMILES string of the molecule is CN=C(NC1CCN(S(=O)(=O)C(F)(F)F)CC1)NC1C2CCOC2C12CCCC2. The summed E-state index contributed by atoms with van der Waals surface area (Å²) >= 11 is 0. The highest BCUT2D eigenvalue weighted by molar-refractivity contribution is 7.90. The number of guanidine groups is 1. The second-order valence-electron chi connectivity index (χ2n) is 8.65. The summed E-state index contributed by atoms with van der Waals surface area (Å²) in [5, 5.41) is 6.86. The van der Waals surface area contributed by atoms with Gasteiger partial charge in [-0.05, 0) is 32.1 Å².